The molecule has 0 spiro atoms. The highest BCUT2D eigenvalue weighted by molar-refractivity contribution is 5.93. The standard InChI is InChI=1S/C3H5N.C2H7N5/c1-2-3-4;3-1(4)7-2(5)6/h3H,1,4H2;(H7,3,4,5,6,7). The van der Waals surface area contributed by atoms with Crippen molar-refractivity contribution in [2.75, 3.05) is 0 Å². The smallest absolute Gasteiger partial charge is 0.192 e. The van der Waals surface area contributed by atoms with Crippen molar-refractivity contribution in [3.8, 4) is 0 Å². The molecule has 0 saturated carbocycles. The minimum absolute atomic E-state index is 0.312. The summed E-state index contributed by atoms with van der Waals surface area (Å²) in [5.41, 5.74) is 16.6. The van der Waals surface area contributed by atoms with E-state index in [2.05, 4.69) is 12.3 Å². The average molecular weight is 156 g/mol. The van der Waals surface area contributed by atoms with Gasteiger partial charge < -0.3 is 17.2 Å². The SMILES string of the molecule is C=C=CN.N=C(N)NC(=N)N. The number of hydrogen-bond donors (Lipinski definition) is 6. The van der Waals surface area contributed by atoms with Gasteiger partial charge in [-0.1, -0.05) is 6.58 Å². The maximum atomic E-state index is 6.47. The molecule has 11 heavy (non-hydrogen) atoms. The highest BCUT2D eigenvalue weighted by Gasteiger charge is 1.83. The van der Waals surface area contributed by atoms with E-state index in [0.29, 0.717) is 0 Å². The van der Waals surface area contributed by atoms with Crippen LogP contribution in [0.1, 0.15) is 0 Å². The summed E-state index contributed by atoms with van der Waals surface area (Å²) >= 11 is 0. The average Bonchev–Trinajstić information content (AvgIpc) is 1.85. The minimum atomic E-state index is -0.312. The van der Waals surface area contributed by atoms with Crippen LogP contribution in [-0.2, 0) is 0 Å². The maximum Gasteiger partial charge on any atom is 0.192 e. The fourth-order valence-corrected chi connectivity index (χ4v) is 0.145. The molecule has 0 bridgehead atoms. The van der Waals surface area contributed by atoms with Gasteiger partial charge in [-0.25, -0.2) is 0 Å². The Labute approximate surface area is 64.8 Å². The molecule has 0 aromatic carbocycles. The van der Waals surface area contributed by atoms with Gasteiger partial charge in [-0.05, 0) is 0 Å². The molecule has 0 atom stereocenters. The first-order valence-corrected chi connectivity index (χ1v) is 2.55. The van der Waals surface area contributed by atoms with Crippen molar-refractivity contribution < 1.29 is 0 Å². The summed E-state index contributed by atoms with van der Waals surface area (Å²) in [6.07, 6.45) is 1.26. The third kappa shape index (κ3) is 31.6. The van der Waals surface area contributed by atoms with Crippen LogP contribution in [0.5, 0.6) is 0 Å². The zero-order chi connectivity index (χ0) is 9.28. The van der Waals surface area contributed by atoms with E-state index in [1.54, 1.807) is 0 Å². The number of nitrogens with one attached hydrogen (secondary N) is 3. The van der Waals surface area contributed by atoms with Crippen LogP contribution in [-0.4, -0.2) is 11.9 Å². The highest BCUT2D eigenvalue weighted by atomic mass is 15.1. The molecule has 62 valence electrons. The van der Waals surface area contributed by atoms with Crippen LogP contribution in [0.3, 0.4) is 0 Å². The summed E-state index contributed by atoms with van der Waals surface area (Å²) in [7, 11) is 0. The van der Waals surface area contributed by atoms with E-state index in [9.17, 15) is 0 Å². The van der Waals surface area contributed by atoms with E-state index in [4.69, 9.17) is 28.0 Å². The van der Waals surface area contributed by atoms with Gasteiger partial charge in [0.15, 0.2) is 11.9 Å². The van der Waals surface area contributed by atoms with Crippen molar-refractivity contribution in [3.63, 3.8) is 0 Å². The molecule has 0 radical (unpaired) electrons. The van der Waals surface area contributed by atoms with Gasteiger partial charge >= 0.3 is 0 Å². The van der Waals surface area contributed by atoms with Gasteiger partial charge in [0.2, 0.25) is 0 Å². The van der Waals surface area contributed by atoms with Crippen molar-refractivity contribution in [1.82, 2.24) is 5.32 Å². The molecule has 0 aliphatic rings. The van der Waals surface area contributed by atoms with Crippen LogP contribution >= 0.6 is 0 Å². The fraction of sp³-hybridized carbons (Fsp3) is 0. The third-order valence-electron chi connectivity index (χ3n) is 0.387. The van der Waals surface area contributed by atoms with E-state index in [1.165, 1.54) is 6.20 Å². The summed E-state index contributed by atoms with van der Waals surface area (Å²) in [6.45, 7) is 3.17. The molecule has 0 aliphatic carbocycles. The molecule has 0 rings (SSSR count). The second-order valence-electron chi connectivity index (χ2n) is 1.32. The van der Waals surface area contributed by atoms with Crippen molar-refractivity contribution in [3.05, 3.63) is 18.5 Å². The van der Waals surface area contributed by atoms with E-state index in [-0.39, 0.29) is 11.9 Å². The monoisotopic (exact) mass is 156 g/mol. The number of guanidine groups is 2. The molecule has 0 fully saturated rings. The maximum absolute atomic E-state index is 6.47. The molecule has 0 heterocycles. The Morgan fingerprint density at radius 1 is 1.36 bits per heavy atom. The molecule has 0 saturated heterocycles. The van der Waals surface area contributed by atoms with Crippen LogP contribution < -0.4 is 22.5 Å². The van der Waals surface area contributed by atoms with Gasteiger partial charge in [0.05, 0.1) is 0 Å². The zero-order valence-corrected chi connectivity index (χ0v) is 6.02. The van der Waals surface area contributed by atoms with Crippen molar-refractivity contribution in [1.29, 1.82) is 10.8 Å². The molecule has 0 aliphatic heterocycles. The van der Waals surface area contributed by atoms with Gasteiger partial charge in [0.25, 0.3) is 0 Å². The molecular weight excluding hydrogens is 144 g/mol. The lowest BCUT2D eigenvalue weighted by atomic mass is 10.9. The van der Waals surface area contributed by atoms with Crippen LogP contribution in [0.15, 0.2) is 18.5 Å². The molecule has 0 unspecified atom stereocenters. The van der Waals surface area contributed by atoms with E-state index in [0.717, 1.165) is 0 Å². The zero-order valence-electron chi connectivity index (χ0n) is 6.02. The summed E-state index contributed by atoms with van der Waals surface area (Å²) in [5.74, 6) is -0.625. The summed E-state index contributed by atoms with van der Waals surface area (Å²) in [5, 5.41) is 15.0. The Morgan fingerprint density at radius 2 is 1.64 bits per heavy atom. The second-order valence-corrected chi connectivity index (χ2v) is 1.32. The summed E-state index contributed by atoms with van der Waals surface area (Å²) < 4.78 is 0. The van der Waals surface area contributed by atoms with Gasteiger partial charge in [-0.3, -0.25) is 16.1 Å². The fourth-order valence-electron chi connectivity index (χ4n) is 0.145. The van der Waals surface area contributed by atoms with E-state index >= 15 is 0 Å². The summed E-state index contributed by atoms with van der Waals surface area (Å²) in [4.78, 5) is 0. The van der Waals surface area contributed by atoms with Crippen LogP contribution in [0.25, 0.3) is 0 Å². The van der Waals surface area contributed by atoms with Crippen LogP contribution in [0, 0.1) is 10.8 Å². The first kappa shape index (κ1) is 11.8. The van der Waals surface area contributed by atoms with Crippen molar-refractivity contribution in [2.45, 2.75) is 0 Å². The third-order valence-corrected chi connectivity index (χ3v) is 0.387. The predicted octanol–water partition coefficient (Wildman–Crippen LogP) is -1.39. The van der Waals surface area contributed by atoms with Crippen LogP contribution in [0.2, 0.25) is 0 Å². The molecule has 6 nitrogen and oxygen atoms in total. The van der Waals surface area contributed by atoms with Crippen molar-refractivity contribution in [2.24, 2.45) is 17.2 Å². The number of hydrogen-bond acceptors (Lipinski definition) is 3. The van der Waals surface area contributed by atoms with Gasteiger partial charge in [0.1, 0.15) is 0 Å². The Bertz CT molecular complexity index is 165. The Hall–Kier alpha value is -1.94. The molecule has 9 N–H and O–H groups in total. The highest BCUT2D eigenvalue weighted by Crippen LogP contribution is 1.44. The summed E-state index contributed by atoms with van der Waals surface area (Å²) in [6, 6.07) is 0. The quantitative estimate of drug-likeness (QED) is 0.146. The first-order chi connectivity index (χ1) is 5.04. The predicted molar refractivity (Wildman–Crippen MR) is 44.9 cm³/mol. The largest absolute Gasteiger partial charge is 0.398 e. The van der Waals surface area contributed by atoms with E-state index in [1.807, 2.05) is 5.32 Å². The van der Waals surface area contributed by atoms with Gasteiger partial charge in [-0.2, -0.15) is 0 Å². The normalized spacial score (nSPS) is 6.18. The molecule has 0 amide bonds. The molecule has 6 heteroatoms. The Balaban J connectivity index is 0. The Morgan fingerprint density at radius 3 is 1.64 bits per heavy atom. The lowest BCUT2D eigenvalue weighted by Crippen LogP contribution is -2.39. The second kappa shape index (κ2) is 8.06. The molecular formula is C5H12N6. The lowest BCUT2D eigenvalue weighted by Gasteiger charge is -1.95. The topological polar surface area (TPSA) is 138 Å². The van der Waals surface area contributed by atoms with Crippen LogP contribution in [0.4, 0.5) is 0 Å². The Kier molecular flexibility index (Phi) is 8.65. The van der Waals surface area contributed by atoms with E-state index < -0.39 is 0 Å². The number of nitrogens with two attached hydrogens (primary N) is 3. The van der Waals surface area contributed by atoms with Crippen molar-refractivity contribution >= 4 is 11.9 Å². The lowest BCUT2D eigenvalue weighted by molar-refractivity contribution is 1.19. The first-order valence-electron chi connectivity index (χ1n) is 2.55. The van der Waals surface area contributed by atoms with Gasteiger partial charge in [0, 0.05) is 6.20 Å². The number of rotatable bonds is 0. The molecule has 0 aromatic heterocycles. The van der Waals surface area contributed by atoms with Gasteiger partial charge in [-0.15, -0.1) is 5.73 Å². The minimum Gasteiger partial charge on any atom is -0.398 e. The molecule has 0 aromatic rings.